The highest BCUT2D eigenvalue weighted by molar-refractivity contribution is 6.07. The maximum absolute atomic E-state index is 14.4. The Morgan fingerprint density at radius 2 is 1.93 bits per heavy atom. The number of carbonyl (C=O) groups is 1. The zero-order chi connectivity index (χ0) is 20.3. The van der Waals surface area contributed by atoms with Crippen LogP contribution in [-0.2, 0) is 6.54 Å². The monoisotopic (exact) mass is 386 g/mol. The molecule has 0 unspecified atom stereocenters. The van der Waals surface area contributed by atoms with E-state index in [1.807, 2.05) is 6.92 Å². The average Bonchev–Trinajstić information content (AvgIpc) is 2.66. The molecule has 0 fully saturated rings. The molecular weight excluding hydrogens is 366 g/mol. The Hall–Kier alpha value is -3.22. The predicted octanol–water partition coefficient (Wildman–Crippen LogP) is 3.36. The number of hydrogen-bond acceptors (Lipinski definition) is 3. The molecule has 0 spiro atoms. The van der Waals surface area contributed by atoms with Gasteiger partial charge in [-0.3, -0.25) is 9.59 Å². The highest BCUT2D eigenvalue weighted by Crippen LogP contribution is 2.21. The molecule has 146 valence electrons. The SMILES string of the molecule is CCCOn1c(C)c(C(=O)NCc2cccc(F)c2)c2cccc(F)c2c1=O. The van der Waals surface area contributed by atoms with E-state index in [2.05, 4.69) is 5.32 Å². The van der Waals surface area contributed by atoms with Crippen molar-refractivity contribution in [3.8, 4) is 0 Å². The molecule has 0 saturated carbocycles. The summed E-state index contributed by atoms with van der Waals surface area (Å²) in [6.07, 6.45) is 0.641. The standard InChI is InChI=1S/C21H20F2N2O3/c1-3-10-28-25-13(2)18(16-8-5-9-17(23)19(16)21(25)27)20(26)24-12-14-6-4-7-15(22)11-14/h4-9,11H,3,10,12H2,1-2H3,(H,24,26). The molecule has 3 rings (SSSR count). The average molecular weight is 386 g/mol. The molecule has 2 aromatic carbocycles. The Balaban J connectivity index is 2.06. The fourth-order valence-corrected chi connectivity index (χ4v) is 3.04. The second kappa shape index (κ2) is 8.21. The van der Waals surface area contributed by atoms with Gasteiger partial charge in [0.1, 0.15) is 18.2 Å². The third-order valence-electron chi connectivity index (χ3n) is 4.34. The molecule has 0 aliphatic rings. The highest BCUT2D eigenvalue weighted by Gasteiger charge is 2.22. The summed E-state index contributed by atoms with van der Waals surface area (Å²) in [7, 11) is 0. The molecular formula is C21H20F2N2O3. The number of fused-ring (bicyclic) bond motifs is 1. The molecule has 0 bridgehead atoms. The third-order valence-corrected chi connectivity index (χ3v) is 4.34. The minimum Gasteiger partial charge on any atom is -0.411 e. The molecule has 1 aromatic heterocycles. The lowest BCUT2D eigenvalue weighted by atomic mass is 10.0. The van der Waals surface area contributed by atoms with Crippen LogP contribution in [0.1, 0.15) is 35.0 Å². The van der Waals surface area contributed by atoms with E-state index in [0.717, 1.165) is 10.8 Å². The van der Waals surface area contributed by atoms with Crippen LogP contribution in [0, 0.1) is 18.6 Å². The minimum atomic E-state index is -0.726. The van der Waals surface area contributed by atoms with E-state index in [1.54, 1.807) is 19.1 Å². The van der Waals surface area contributed by atoms with Crippen molar-refractivity contribution < 1.29 is 18.4 Å². The van der Waals surface area contributed by atoms with E-state index in [0.29, 0.717) is 12.0 Å². The fraction of sp³-hybridized carbons (Fsp3) is 0.238. The number of nitrogens with one attached hydrogen (secondary N) is 1. The summed E-state index contributed by atoms with van der Waals surface area (Å²) in [5.74, 6) is -1.64. The molecule has 0 saturated heterocycles. The largest absolute Gasteiger partial charge is 0.411 e. The Kier molecular flexibility index (Phi) is 5.73. The quantitative estimate of drug-likeness (QED) is 0.707. The lowest BCUT2D eigenvalue weighted by Gasteiger charge is -2.17. The van der Waals surface area contributed by atoms with Gasteiger partial charge < -0.3 is 10.2 Å². The van der Waals surface area contributed by atoms with Crippen molar-refractivity contribution in [3.05, 3.63) is 81.3 Å². The summed E-state index contributed by atoms with van der Waals surface area (Å²) >= 11 is 0. The van der Waals surface area contributed by atoms with Gasteiger partial charge in [0.15, 0.2) is 0 Å². The second-order valence-electron chi connectivity index (χ2n) is 6.37. The van der Waals surface area contributed by atoms with Gasteiger partial charge in [0.25, 0.3) is 11.5 Å². The molecule has 1 N–H and O–H groups in total. The number of rotatable bonds is 6. The summed E-state index contributed by atoms with van der Waals surface area (Å²) in [6.45, 7) is 3.76. The third kappa shape index (κ3) is 3.74. The predicted molar refractivity (Wildman–Crippen MR) is 102 cm³/mol. The Labute approximate surface area is 160 Å². The first-order valence-corrected chi connectivity index (χ1v) is 8.93. The van der Waals surface area contributed by atoms with Crippen LogP contribution in [0.25, 0.3) is 10.8 Å². The topological polar surface area (TPSA) is 60.3 Å². The van der Waals surface area contributed by atoms with E-state index in [1.165, 1.54) is 24.3 Å². The van der Waals surface area contributed by atoms with Crippen molar-refractivity contribution in [2.24, 2.45) is 0 Å². The zero-order valence-corrected chi connectivity index (χ0v) is 15.6. The first-order valence-electron chi connectivity index (χ1n) is 8.93. The number of hydrogen-bond donors (Lipinski definition) is 1. The molecule has 0 aliphatic carbocycles. The fourth-order valence-electron chi connectivity index (χ4n) is 3.04. The first-order chi connectivity index (χ1) is 13.4. The maximum atomic E-state index is 14.4. The molecule has 0 atom stereocenters. The smallest absolute Gasteiger partial charge is 0.294 e. The van der Waals surface area contributed by atoms with Gasteiger partial charge in [-0.15, -0.1) is 4.73 Å². The first kappa shape index (κ1) is 19.5. The molecule has 7 heteroatoms. The maximum Gasteiger partial charge on any atom is 0.294 e. The number of nitrogens with zero attached hydrogens (tertiary/aromatic N) is 1. The number of carbonyl (C=O) groups excluding carboxylic acids is 1. The van der Waals surface area contributed by atoms with Crippen LogP contribution in [0.3, 0.4) is 0 Å². The summed E-state index contributed by atoms with van der Waals surface area (Å²) in [5, 5.41) is 2.69. The minimum absolute atomic E-state index is 0.0851. The van der Waals surface area contributed by atoms with E-state index in [-0.39, 0.29) is 35.2 Å². The Morgan fingerprint density at radius 1 is 1.18 bits per heavy atom. The van der Waals surface area contributed by atoms with Crippen LogP contribution in [0.15, 0.2) is 47.3 Å². The van der Waals surface area contributed by atoms with E-state index < -0.39 is 23.1 Å². The van der Waals surface area contributed by atoms with Crippen molar-refractivity contribution in [2.45, 2.75) is 26.8 Å². The van der Waals surface area contributed by atoms with Gasteiger partial charge >= 0.3 is 0 Å². The summed E-state index contributed by atoms with van der Waals surface area (Å²) < 4.78 is 28.7. The van der Waals surface area contributed by atoms with Crippen molar-refractivity contribution in [1.82, 2.24) is 10.0 Å². The molecule has 3 aromatic rings. The summed E-state index contributed by atoms with van der Waals surface area (Å²) in [6, 6.07) is 9.98. The van der Waals surface area contributed by atoms with Crippen LogP contribution in [0.5, 0.6) is 0 Å². The molecule has 5 nitrogen and oxygen atoms in total. The van der Waals surface area contributed by atoms with Crippen LogP contribution in [-0.4, -0.2) is 17.2 Å². The van der Waals surface area contributed by atoms with Gasteiger partial charge in [0.2, 0.25) is 0 Å². The van der Waals surface area contributed by atoms with Crippen molar-refractivity contribution in [1.29, 1.82) is 0 Å². The molecule has 0 radical (unpaired) electrons. The summed E-state index contributed by atoms with van der Waals surface area (Å²) in [4.78, 5) is 31.0. The number of aromatic nitrogens is 1. The number of benzene rings is 2. The summed E-state index contributed by atoms with van der Waals surface area (Å²) in [5.41, 5.74) is 0.340. The Bertz CT molecular complexity index is 1090. The highest BCUT2D eigenvalue weighted by atomic mass is 19.1. The second-order valence-corrected chi connectivity index (χ2v) is 6.37. The molecule has 0 aliphatic heterocycles. The van der Waals surface area contributed by atoms with Gasteiger partial charge in [-0.05, 0) is 37.1 Å². The van der Waals surface area contributed by atoms with Crippen LogP contribution < -0.4 is 15.7 Å². The van der Waals surface area contributed by atoms with Crippen molar-refractivity contribution in [2.75, 3.05) is 6.61 Å². The van der Waals surface area contributed by atoms with Crippen LogP contribution in [0.4, 0.5) is 8.78 Å². The number of halogens is 2. The van der Waals surface area contributed by atoms with Gasteiger partial charge in [0, 0.05) is 11.9 Å². The van der Waals surface area contributed by atoms with Gasteiger partial charge in [-0.1, -0.05) is 31.2 Å². The van der Waals surface area contributed by atoms with Gasteiger partial charge in [-0.25, -0.2) is 8.78 Å². The lowest BCUT2D eigenvalue weighted by Crippen LogP contribution is -2.34. The zero-order valence-electron chi connectivity index (χ0n) is 15.6. The Morgan fingerprint density at radius 3 is 2.64 bits per heavy atom. The lowest BCUT2D eigenvalue weighted by molar-refractivity contribution is 0.0902. The van der Waals surface area contributed by atoms with Gasteiger partial charge in [-0.2, -0.15) is 0 Å². The van der Waals surface area contributed by atoms with Crippen LogP contribution >= 0.6 is 0 Å². The number of pyridine rings is 1. The van der Waals surface area contributed by atoms with E-state index >= 15 is 0 Å². The normalized spacial score (nSPS) is 10.9. The molecule has 1 heterocycles. The van der Waals surface area contributed by atoms with E-state index in [9.17, 15) is 18.4 Å². The molecule has 28 heavy (non-hydrogen) atoms. The van der Waals surface area contributed by atoms with Crippen LogP contribution in [0.2, 0.25) is 0 Å². The van der Waals surface area contributed by atoms with Gasteiger partial charge in [0.05, 0.1) is 16.6 Å². The molecule has 1 amide bonds. The van der Waals surface area contributed by atoms with Crippen molar-refractivity contribution >= 4 is 16.7 Å². The number of amides is 1. The van der Waals surface area contributed by atoms with Crippen molar-refractivity contribution in [3.63, 3.8) is 0 Å². The van der Waals surface area contributed by atoms with E-state index in [4.69, 9.17) is 4.84 Å².